The first-order valence-electron chi connectivity index (χ1n) is 9.26. The second kappa shape index (κ2) is 6.97. The van der Waals surface area contributed by atoms with Crippen LogP contribution >= 0.6 is 11.3 Å². The van der Waals surface area contributed by atoms with Gasteiger partial charge in [-0.1, -0.05) is 23.5 Å². The molecule has 0 radical (unpaired) electrons. The predicted molar refractivity (Wildman–Crippen MR) is 109 cm³/mol. The van der Waals surface area contributed by atoms with Crippen LogP contribution in [0.1, 0.15) is 17.5 Å². The lowest BCUT2D eigenvalue weighted by Crippen LogP contribution is -2.17. The van der Waals surface area contributed by atoms with Crippen LogP contribution in [0.25, 0.3) is 21.2 Å². The third-order valence-electron chi connectivity index (χ3n) is 4.80. The summed E-state index contributed by atoms with van der Waals surface area (Å²) in [5, 5.41) is 0.796. The van der Waals surface area contributed by atoms with E-state index in [1.165, 1.54) is 11.3 Å². The number of carbonyl (C=O) groups excluding carboxylic acids is 1. The Labute approximate surface area is 169 Å². The molecule has 0 N–H and O–H groups in total. The summed E-state index contributed by atoms with van der Waals surface area (Å²) in [6, 6.07) is 11.1. The number of aryl methyl sites for hydroxylation is 1. The van der Waals surface area contributed by atoms with Gasteiger partial charge in [-0.15, -0.1) is 0 Å². The van der Waals surface area contributed by atoms with E-state index >= 15 is 0 Å². The van der Waals surface area contributed by atoms with Crippen molar-refractivity contribution in [3.8, 4) is 17.2 Å². The smallest absolute Gasteiger partial charge is 0.315 e. The van der Waals surface area contributed by atoms with Crippen molar-refractivity contribution in [1.82, 2.24) is 4.57 Å². The van der Waals surface area contributed by atoms with Gasteiger partial charge >= 0.3 is 5.91 Å². The highest BCUT2D eigenvalue weighted by molar-refractivity contribution is 7.16. The number of fused-ring (bicyclic) bond motifs is 3. The Bertz CT molecular complexity index is 1310. The molecule has 1 amide bonds. The summed E-state index contributed by atoms with van der Waals surface area (Å²) in [5.41, 5.74) is 1.50. The van der Waals surface area contributed by atoms with Crippen molar-refractivity contribution < 1.29 is 23.4 Å². The molecule has 0 fully saturated rings. The van der Waals surface area contributed by atoms with Crippen molar-refractivity contribution >= 4 is 38.4 Å². The van der Waals surface area contributed by atoms with Gasteiger partial charge in [-0.3, -0.25) is 4.79 Å². The Kier molecular flexibility index (Phi) is 4.28. The van der Waals surface area contributed by atoms with E-state index in [1.807, 2.05) is 35.8 Å². The van der Waals surface area contributed by atoms with E-state index in [-0.39, 0.29) is 5.76 Å². The molecule has 0 aliphatic carbocycles. The molecule has 0 atom stereocenters. The van der Waals surface area contributed by atoms with Gasteiger partial charge in [0.2, 0.25) is 0 Å². The fraction of sp³-hybridized carbons (Fsp3) is 0.238. The Morgan fingerprint density at radius 2 is 2.00 bits per heavy atom. The number of aromatic nitrogens is 1. The fourth-order valence-electron chi connectivity index (χ4n) is 3.44. The molecule has 1 aliphatic rings. The van der Waals surface area contributed by atoms with E-state index in [0.29, 0.717) is 41.6 Å². The van der Waals surface area contributed by atoms with Crippen molar-refractivity contribution in [2.24, 2.45) is 4.99 Å². The van der Waals surface area contributed by atoms with Crippen LogP contribution in [-0.2, 0) is 6.54 Å². The molecular weight excluding hydrogens is 392 g/mol. The SMILES string of the molecule is CCn1c(=NC(=O)c2cc3cccc(OC)c3o2)sc2cc3c(cc21)OCCO3. The molecule has 0 saturated heterocycles. The third kappa shape index (κ3) is 2.96. The minimum Gasteiger partial charge on any atom is -0.493 e. The van der Waals surface area contributed by atoms with Crippen LogP contribution in [0.15, 0.2) is 45.8 Å². The average Bonchev–Trinajstić information content (AvgIpc) is 3.32. The van der Waals surface area contributed by atoms with Crippen molar-refractivity contribution in [3.05, 3.63) is 47.0 Å². The van der Waals surface area contributed by atoms with E-state index in [1.54, 1.807) is 19.2 Å². The molecular formula is C21H18N2O5S. The summed E-state index contributed by atoms with van der Waals surface area (Å²) < 4.78 is 25.4. The lowest BCUT2D eigenvalue weighted by molar-refractivity contribution is 0.0973. The van der Waals surface area contributed by atoms with Gasteiger partial charge in [0.25, 0.3) is 0 Å². The Balaban J connectivity index is 1.62. The Hall–Kier alpha value is -3.26. The molecule has 2 aromatic heterocycles. The van der Waals surface area contributed by atoms with Gasteiger partial charge in [0.15, 0.2) is 33.4 Å². The van der Waals surface area contributed by atoms with Crippen LogP contribution in [0, 0.1) is 0 Å². The molecule has 148 valence electrons. The zero-order chi connectivity index (χ0) is 20.0. The lowest BCUT2D eigenvalue weighted by atomic mass is 10.2. The summed E-state index contributed by atoms with van der Waals surface area (Å²) in [7, 11) is 1.57. The zero-order valence-corrected chi connectivity index (χ0v) is 16.7. The van der Waals surface area contributed by atoms with E-state index < -0.39 is 5.91 Å². The number of methoxy groups -OCH3 is 1. The van der Waals surface area contributed by atoms with Gasteiger partial charge in [0, 0.05) is 24.1 Å². The molecule has 3 heterocycles. The Morgan fingerprint density at radius 3 is 2.76 bits per heavy atom. The van der Waals surface area contributed by atoms with E-state index in [0.717, 1.165) is 21.4 Å². The molecule has 2 aromatic carbocycles. The average molecular weight is 410 g/mol. The highest BCUT2D eigenvalue weighted by atomic mass is 32.1. The first-order chi connectivity index (χ1) is 14.2. The molecule has 0 unspecified atom stereocenters. The van der Waals surface area contributed by atoms with E-state index in [4.69, 9.17) is 18.6 Å². The number of rotatable bonds is 3. The van der Waals surface area contributed by atoms with Crippen molar-refractivity contribution in [2.75, 3.05) is 20.3 Å². The topological polar surface area (TPSA) is 75.2 Å². The van der Waals surface area contributed by atoms with E-state index in [9.17, 15) is 4.79 Å². The Morgan fingerprint density at radius 1 is 1.21 bits per heavy atom. The minimum absolute atomic E-state index is 0.176. The number of amides is 1. The summed E-state index contributed by atoms with van der Waals surface area (Å²) >= 11 is 1.43. The van der Waals surface area contributed by atoms with Crippen LogP contribution in [0.2, 0.25) is 0 Å². The summed E-state index contributed by atoms with van der Waals surface area (Å²) in [6.45, 7) is 3.74. The van der Waals surface area contributed by atoms with Gasteiger partial charge in [-0.05, 0) is 19.1 Å². The first-order valence-corrected chi connectivity index (χ1v) is 10.1. The maximum absolute atomic E-state index is 12.8. The van der Waals surface area contributed by atoms with Crippen LogP contribution in [-0.4, -0.2) is 30.8 Å². The zero-order valence-electron chi connectivity index (χ0n) is 15.9. The molecule has 4 aromatic rings. The normalized spacial score (nSPS) is 13.9. The fourth-order valence-corrected chi connectivity index (χ4v) is 4.54. The molecule has 5 rings (SSSR count). The highest BCUT2D eigenvalue weighted by Gasteiger charge is 2.18. The number of thiazole rings is 1. The quantitative estimate of drug-likeness (QED) is 0.511. The predicted octanol–water partition coefficient (Wildman–Crippen LogP) is 3.99. The second-order valence-electron chi connectivity index (χ2n) is 6.50. The largest absolute Gasteiger partial charge is 0.493 e. The highest BCUT2D eigenvalue weighted by Crippen LogP contribution is 2.35. The van der Waals surface area contributed by atoms with Crippen molar-refractivity contribution in [3.63, 3.8) is 0 Å². The summed E-state index contributed by atoms with van der Waals surface area (Å²) in [5.74, 6) is 1.75. The molecule has 0 saturated carbocycles. The van der Waals surface area contributed by atoms with Crippen LogP contribution in [0.3, 0.4) is 0 Å². The van der Waals surface area contributed by atoms with Gasteiger partial charge in [0.1, 0.15) is 13.2 Å². The second-order valence-corrected chi connectivity index (χ2v) is 7.51. The van der Waals surface area contributed by atoms with Crippen LogP contribution in [0.4, 0.5) is 0 Å². The number of nitrogens with zero attached hydrogens (tertiary/aromatic N) is 2. The van der Waals surface area contributed by atoms with Crippen molar-refractivity contribution in [1.29, 1.82) is 0 Å². The van der Waals surface area contributed by atoms with Crippen LogP contribution in [0.5, 0.6) is 17.2 Å². The van der Waals surface area contributed by atoms with Crippen molar-refractivity contribution in [2.45, 2.75) is 13.5 Å². The number of furan rings is 1. The number of ether oxygens (including phenoxy) is 3. The lowest BCUT2D eigenvalue weighted by Gasteiger charge is -2.18. The van der Waals surface area contributed by atoms with E-state index in [2.05, 4.69) is 4.99 Å². The molecule has 8 heteroatoms. The van der Waals surface area contributed by atoms with Gasteiger partial charge < -0.3 is 23.2 Å². The molecule has 7 nitrogen and oxygen atoms in total. The van der Waals surface area contributed by atoms with Crippen LogP contribution < -0.4 is 19.0 Å². The van der Waals surface area contributed by atoms with Gasteiger partial charge in [-0.25, -0.2) is 0 Å². The molecule has 1 aliphatic heterocycles. The first kappa shape index (κ1) is 17.8. The molecule has 0 spiro atoms. The number of hydrogen-bond donors (Lipinski definition) is 0. The maximum atomic E-state index is 12.8. The van der Waals surface area contributed by atoms with Gasteiger partial charge in [-0.2, -0.15) is 4.99 Å². The third-order valence-corrected chi connectivity index (χ3v) is 5.84. The number of para-hydroxylation sites is 1. The summed E-state index contributed by atoms with van der Waals surface area (Å²) in [6.07, 6.45) is 0. The number of hydrogen-bond acceptors (Lipinski definition) is 6. The number of carbonyl (C=O) groups is 1. The molecule has 0 bridgehead atoms. The monoisotopic (exact) mass is 410 g/mol. The number of benzene rings is 2. The standard InChI is InChI=1S/C21H18N2O5S/c1-3-23-13-10-15-16(27-8-7-26-15)11-18(13)29-21(23)22-20(24)17-9-12-5-4-6-14(25-2)19(12)28-17/h4-6,9-11H,3,7-8H2,1-2H3. The minimum atomic E-state index is -0.436. The maximum Gasteiger partial charge on any atom is 0.315 e. The summed E-state index contributed by atoms with van der Waals surface area (Å²) in [4.78, 5) is 17.8. The molecule has 29 heavy (non-hydrogen) atoms. The van der Waals surface area contributed by atoms with Gasteiger partial charge in [0.05, 0.1) is 17.3 Å².